The summed E-state index contributed by atoms with van der Waals surface area (Å²) >= 11 is 0. The monoisotopic (exact) mass is 527 g/mol. The summed E-state index contributed by atoms with van der Waals surface area (Å²) in [5, 5.41) is 1.24. The second kappa shape index (κ2) is 8.81. The van der Waals surface area contributed by atoms with Crippen molar-refractivity contribution in [2.45, 2.75) is 63.3 Å². The highest BCUT2D eigenvalue weighted by Gasteiger charge is 2.54. The number of ether oxygens (including phenoxy) is 3. The minimum absolute atomic E-state index is 0.0164. The number of methoxy groups -OCH3 is 1. The first-order chi connectivity index (χ1) is 18.0. The molecule has 1 aliphatic heterocycles. The fourth-order valence-corrected chi connectivity index (χ4v) is 5.95. The number of hydrogen-bond donors (Lipinski definition) is 1. The van der Waals surface area contributed by atoms with Crippen LogP contribution in [0.5, 0.6) is 5.88 Å². The molecule has 4 heterocycles. The number of benzene rings is 1. The van der Waals surface area contributed by atoms with Crippen LogP contribution in [0.25, 0.3) is 21.9 Å². The molecule has 1 aromatic carbocycles. The molecule has 2 fully saturated rings. The van der Waals surface area contributed by atoms with Gasteiger partial charge in [-0.15, -0.1) is 0 Å². The summed E-state index contributed by atoms with van der Waals surface area (Å²) in [5.74, 6) is -0.490. The predicted octanol–water partition coefficient (Wildman–Crippen LogP) is 5.30. The number of hydrogen-bond acceptors (Lipinski definition) is 7. The Kier molecular flexibility index (Phi) is 5.76. The Morgan fingerprint density at radius 2 is 1.92 bits per heavy atom. The Morgan fingerprint density at radius 1 is 1.13 bits per heavy atom. The van der Waals surface area contributed by atoms with Gasteiger partial charge in [-0.2, -0.15) is 13.2 Å². The van der Waals surface area contributed by atoms with Crippen LogP contribution in [-0.2, 0) is 22.1 Å². The van der Waals surface area contributed by atoms with Crippen molar-refractivity contribution in [2.75, 3.05) is 12.8 Å². The number of fused-ring (bicyclic) bond motifs is 3. The summed E-state index contributed by atoms with van der Waals surface area (Å²) in [6, 6.07) is 8.36. The van der Waals surface area contributed by atoms with Gasteiger partial charge in [0.05, 0.1) is 35.7 Å². The molecule has 0 radical (unpaired) electrons. The Labute approximate surface area is 216 Å². The highest BCUT2D eigenvalue weighted by Crippen LogP contribution is 2.49. The number of pyridine rings is 1. The van der Waals surface area contributed by atoms with Crippen LogP contribution in [0.2, 0.25) is 0 Å². The molecule has 4 atom stereocenters. The lowest BCUT2D eigenvalue weighted by atomic mass is 9.95. The highest BCUT2D eigenvalue weighted by molar-refractivity contribution is 5.82. The summed E-state index contributed by atoms with van der Waals surface area (Å²) in [6.45, 7) is 3.85. The molecule has 11 heteroatoms. The lowest BCUT2D eigenvalue weighted by Crippen LogP contribution is -2.27. The molecule has 4 aromatic rings. The van der Waals surface area contributed by atoms with Gasteiger partial charge in [-0.1, -0.05) is 12.1 Å². The molecule has 1 saturated heterocycles. The molecule has 0 bridgehead atoms. The third-order valence-electron chi connectivity index (χ3n) is 7.60. The van der Waals surface area contributed by atoms with Crippen molar-refractivity contribution in [3.63, 3.8) is 0 Å². The largest absolute Gasteiger partial charge is 0.480 e. The van der Waals surface area contributed by atoms with Crippen molar-refractivity contribution in [3.8, 4) is 5.88 Å². The molecule has 1 saturated carbocycles. The molecule has 3 aromatic heterocycles. The fraction of sp³-hybridized carbons (Fsp3) is 0.444. The van der Waals surface area contributed by atoms with Crippen LogP contribution in [0, 0.1) is 5.92 Å². The molecule has 8 nitrogen and oxygen atoms in total. The number of nitrogens with two attached hydrogens (primary N) is 1. The quantitative estimate of drug-likeness (QED) is 0.376. The molecule has 38 heavy (non-hydrogen) atoms. The molecular formula is C27H28F3N5O3. The van der Waals surface area contributed by atoms with E-state index < -0.39 is 23.3 Å². The maximum atomic E-state index is 13.2. The van der Waals surface area contributed by atoms with Gasteiger partial charge in [0.2, 0.25) is 5.88 Å². The van der Waals surface area contributed by atoms with Gasteiger partial charge in [-0.25, -0.2) is 15.0 Å². The molecule has 1 aliphatic carbocycles. The molecule has 2 aliphatic rings. The molecule has 2 N–H and O–H groups in total. The van der Waals surface area contributed by atoms with Crippen LogP contribution in [-0.4, -0.2) is 44.6 Å². The normalized spacial score (nSPS) is 24.8. The van der Waals surface area contributed by atoms with Crippen LogP contribution in [0.1, 0.15) is 43.9 Å². The number of nitrogens with zero attached hydrogens (tertiary/aromatic N) is 4. The molecule has 200 valence electrons. The second-order valence-electron chi connectivity index (χ2n) is 10.5. The number of rotatable bonds is 5. The average Bonchev–Trinajstić information content (AvgIpc) is 3.52. The first kappa shape index (κ1) is 24.9. The van der Waals surface area contributed by atoms with Gasteiger partial charge in [-0.3, -0.25) is 0 Å². The summed E-state index contributed by atoms with van der Waals surface area (Å²) in [5.41, 5.74) is 6.91. The Balaban J connectivity index is 1.25. The van der Waals surface area contributed by atoms with Crippen LogP contribution < -0.4 is 10.5 Å². The Hall–Kier alpha value is -3.44. The van der Waals surface area contributed by atoms with E-state index in [1.807, 2.05) is 38.2 Å². The minimum atomic E-state index is -4.54. The van der Waals surface area contributed by atoms with Crippen molar-refractivity contribution in [3.05, 3.63) is 54.0 Å². The Bertz CT molecular complexity index is 1520. The molecular weight excluding hydrogens is 499 g/mol. The first-order valence-corrected chi connectivity index (χ1v) is 12.5. The molecule has 2 unspecified atom stereocenters. The smallest absolute Gasteiger partial charge is 0.419 e. The second-order valence-corrected chi connectivity index (χ2v) is 10.5. The van der Waals surface area contributed by atoms with Crippen molar-refractivity contribution in [1.29, 1.82) is 0 Å². The van der Waals surface area contributed by atoms with Crippen LogP contribution in [0.15, 0.2) is 42.9 Å². The topological polar surface area (TPSA) is 97.3 Å². The average molecular weight is 528 g/mol. The molecule has 6 rings (SSSR count). The van der Waals surface area contributed by atoms with Crippen LogP contribution >= 0.6 is 0 Å². The predicted molar refractivity (Wildman–Crippen MR) is 135 cm³/mol. The summed E-state index contributed by atoms with van der Waals surface area (Å²) in [7, 11) is 1.59. The molecule has 0 amide bonds. The fourth-order valence-electron chi connectivity index (χ4n) is 5.95. The SMILES string of the molecule is COc1ncnc2c1ccn2C1CC(CCc2ccc3cc(C(F)(F)F)c(N)nc3c2)[C@H]2OC(C)(C)O[C@@H]12. The molecule has 0 spiro atoms. The van der Waals surface area contributed by atoms with Gasteiger partial charge in [0, 0.05) is 11.6 Å². The summed E-state index contributed by atoms with van der Waals surface area (Å²) < 4.78 is 59.9. The number of aryl methyl sites for hydroxylation is 1. The van der Waals surface area contributed by atoms with Crippen molar-refractivity contribution >= 4 is 27.8 Å². The van der Waals surface area contributed by atoms with Gasteiger partial charge in [0.25, 0.3) is 0 Å². The van der Waals surface area contributed by atoms with E-state index in [-0.39, 0.29) is 24.2 Å². The van der Waals surface area contributed by atoms with Gasteiger partial charge in [-0.05, 0) is 62.8 Å². The third-order valence-corrected chi connectivity index (χ3v) is 7.60. The van der Waals surface area contributed by atoms with E-state index in [1.165, 1.54) is 6.33 Å². The van der Waals surface area contributed by atoms with E-state index in [0.29, 0.717) is 23.2 Å². The number of halogens is 3. The van der Waals surface area contributed by atoms with E-state index in [4.69, 9.17) is 19.9 Å². The third kappa shape index (κ3) is 4.23. The van der Waals surface area contributed by atoms with E-state index in [0.717, 1.165) is 35.5 Å². The van der Waals surface area contributed by atoms with Gasteiger partial charge < -0.3 is 24.5 Å². The maximum absolute atomic E-state index is 13.2. The highest BCUT2D eigenvalue weighted by atomic mass is 19.4. The zero-order chi connectivity index (χ0) is 26.8. The van der Waals surface area contributed by atoms with E-state index >= 15 is 0 Å². The van der Waals surface area contributed by atoms with Crippen molar-refractivity contribution in [1.82, 2.24) is 19.5 Å². The van der Waals surface area contributed by atoms with Crippen LogP contribution in [0.4, 0.5) is 19.0 Å². The number of anilines is 1. The van der Waals surface area contributed by atoms with Crippen molar-refractivity contribution < 1.29 is 27.4 Å². The van der Waals surface area contributed by atoms with Gasteiger partial charge in [0.1, 0.15) is 23.9 Å². The van der Waals surface area contributed by atoms with Crippen LogP contribution in [0.3, 0.4) is 0 Å². The van der Waals surface area contributed by atoms with E-state index in [2.05, 4.69) is 19.5 Å². The lowest BCUT2D eigenvalue weighted by molar-refractivity contribution is -0.160. The van der Waals surface area contributed by atoms with E-state index in [1.54, 1.807) is 13.2 Å². The first-order valence-electron chi connectivity index (χ1n) is 12.5. The number of nitrogen functional groups attached to an aromatic ring is 1. The van der Waals surface area contributed by atoms with Gasteiger partial charge in [0.15, 0.2) is 5.79 Å². The Morgan fingerprint density at radius 3 is 2.68 bits per heavy atom. The van der Waals surface area contributed by atoms with Crippen molar-refractivity contribution in [2.24, 2.45) is 5.92 Å². The lowest BCUT2D eigenvalue weighted by Gasteiger charge is -2.24. The van der Waals surface area contributed by atoms with E-state index in [9.17, 15) is 13.2 Å². The zero-order valence-corrected chi connectivity index (χ0v) is 21.2. The standard InChI is InChI=1S/C27H28F3N5O3/c1-26(2)37-21-16(7-5-14-4-6-15-11-18(27(28,29)30)23(31)34-19(15)10-14)12-20(22(21)38-26)35-9-8-17-24(35)32-13-33-25(17)36-3/h4,6,8-11,13,16,20-22H,5,7,12H2,1-3H3,(H2,31,34)/t16?,20?,21-,22+/m1/s1. The summed E-state index contributed by atoms with van der Waals surface area (Å²) in [4.78, 5) is 12.7. The maximum Gasteiger partial charge on any atom is 0.419 e. The summed E-state index contributed by atoms with van der Waals surface area (Å²) in [6.07, 6.45) is 1.06. The number of aromatic nitrogens is 4. The number of alkyl halides is 3. The zero-order valence-electron chi connectivity index (χ0n) is 21.2. The van der Waals surface area contributed by atoms with Gasteiger partial charge >= 0.3 is 6.18 Å². The minimum Gasteiger partial charge on any atom is -0.480 e.